The fourth-order valence-corrected chi connectivity index (χ4v) is 2.10. The van der Waals surface area contributed by atoms with E-state index in [-0.39, 0.29) is 31.8 Å². The molecule has 0 aromatic heterocycles. The van der Waals surface area contributed by atoms with E-state index in [1.807, 2.05) is 0 Å². The predicted molar refractivity (Wildman–Crippen MR) is 76.5 cm³/mol. The Morgan fingerprint density at radius 3 is 1.86 bits per heavy atom. The summed E-state index contributed by atoms with van der Waals surface area (Å²) < 4.78 is 15.2. The van der Waals surface area contributed by atoms with E-state index in [1.54, 1.807) is 24.3 Å². The van der Waals surface area contributed by atoms with Crippen LogP contribution in [0.25, 0.3) is 0 Å². The number of fused-ring (bicyclic) bond motifs is 1. The Hall–Kier alpha value is -1.80. The number of aliphatic hydroxyl groups excluding tert-OH is 1. The highest BCUT2D eigenvalue weighted by Gasteiger charge is 2.34. The Labute approximate surface area is 128 Å². The molecule has 2 amide bonds. The molecule has 1 heterocycles. The molecule has 2 rings (SSSR count). The minimum atomic E-state index is -0.319. The topological polar surface area (TPSA) is 85.3 Å². The van der Waals surface area contributed by atoms with Crippen LogP contribution in [-0.2, 0) is 14.2 Å². The number of imide groups is 1. The Bertz CT molecular complexity index is 484. The highest BCUT2D eigenvalue weighted by Crippen LogP contribution is 2.21. The maximum Gasteiger partial charge on any atom is 0.261 e. The maximum atomic E-state index is 12.1. The third kappa shape index (κ3) is 4.11. The number of amides is 2. The number of ether oxygens (including phenoxy) is 3. The summed E-state index contributed by atoms with van der Waals surface area (Å²) in [5, 5.41) is 8.39. The second-order valence-electron chi connectivity index (χ2n) is 4.57. The van der Waals surface area contributed by atoms with Gasteiger partial charge in [0, 0.05) is 0 Å². The Kier molecular flexibility index (Phi) is 6.47. The second kappa shape index (κ2) is 8.60. The van der Waals surface area contributed by atoms with Crippen LogP contribution < -0.4 is 0 Å². The number of carbonyl (C=O) groups is 2. The predicted octanol–water partition coefficient (Wildman–Crippen LogP) is 0.282. The molecule has 0 saturated heterocycles. The first-order chi connectivity index (χ1) is 10.8. The first-order valence-corrected chi connectivity index (χ1v) is 7.05. The molecule has 0 spiro atoms. The van der Waals surface area contributed by atoms with Gasteiger partial charge < -0.3 is 19.3 Å². The zero-order valence-electron chi connectivity index (χ0n) is 12.2. The number of benzene rings is 1. The van der Waals surface area contributed by atoms with Gasteiger partial charge in [-0.3, -0.25) is 14.5 Å². The summed E-state index contributed by atoms with van der Waals surface area (Å²) in [6.07, 6.45) is 0. The number of rotatable bonds is 10. The molecule has 7 nitrogen and oxygen atoms in total. The molecule has 1 aromatic carbocycles. The summed E-state index contributed by atoms with van der Waals surface area (Å²) in [5.41, 5.74) is 0.888. The van der Waals surface area contributed by atoms with Crippen LogP contribution in [0.5, 0.6) is 0 Å². The molecule has 0 fully saturated rings. The molecule has 1 aromatic rings. The van der Waals surface area contributed by atoms with E-state index in [1.165, 1.54) is 4.90 Å². The molecule has 0 aliphatic carbocycles. The van der Waals surface area contributed by atoms with Crippen LogP contribution in [0.3, 0.4) is 0 Å². The highest BCUT2D eigenvalue weighted by atomic mass is 16.6. The maximum absolute atomic E-state index is 12.1. The summed E-state index contributed by atoms with van der Waals surface area (Å²) in [6, 6.07) is 6.78. The van der Waals surface area contributed by atoms with Crippen LogP contribution in [-0.4, -0.2) is 68.2 Å². The van der Waals surface area contributed by atoms with Gasteiger partial charge in [0.05, 0.1) is 50.7 Å². The van der Waals surface area contributed by atoms with Crippen molar-refractivity contribution in [3.05, 3.63) is 35.4 Å². The molecular formula is C15H19NO6. The van der Waals surface area contributed by atoms with E-state index in [2.05, 4.69) is 0 Å². The third-order valence-electron chi connectivity index (χ3n) is 3.17. The van der Waals surface area contributed by atoms with Crippen LogP contribution in [0.4, 0.5) is 0 Å². The smallest absolute Gasteiger partial charge is 0.261 e. The molecule has 1 aliphatic heterocycles. The van der Waals surface area contributed by atoms with Gasteiger partial charge in [0.25, 0.3) is 11.8 Å². The highest BCUT2D eigenvalue weighted by molar-refractivity contribution is 6.21. The minimum absolute atomic E-state index is 0.222. The average Bonchev–Trinajstić information content (AvgIpc) is 2.78. The lowest BCUT2D eigenvalue weighted by Crippen LogP contribution is -2.33. The third-order valence-corrected chi connectivity index (χ3v) is 3.17. The minimum Gasteiger partial charge on any atom is -0.377 e. The standard InChI is InChI=1S/C15H19NO6/c17-11-22-10-9-21-8-7-20-6-5-16-14(18)12-3-1-2-4-13(12)15(16)19/h1-4,17H,5-11H2. The molecule has 22 heavy (non-hydrogen) atoms. The molecule has 1 N–H and O–H groups in total. The summed E-state index contributed by atoms with van der Waals surface area (Å²) in [4.78, 5) is 25.3. The van der Waals surface area contributed by atoms with Crippen molar-refractivity contribution in [2.75, 3.05) is 46.4 Å². The molecule has 1 aliphatic rings. The van der Waals surface area contributed by atoms with Crippen molar-refractivity contribution in [3.8, 4) is 0 Å². The lowest BCUT2D eigenvalue weighted by molar-refractivity contribution is -0.0371. The molecule has 0 unspecified atom stereocenters. The number of aliphatic hydroxyl groups is 1. The molecule has 0 saturated carbocycles. The molecular weight excluding hydrogens is 290 g/mol. The van der Waals surface area contributed by atoms with E-state index in [4.69, 9.17) is 19.3 Å². The van der Waals surface area contributed by atoms with Crippen molar-refractivity contribution >= 4 is 11.8 Å². The number of carbonyl (C=O) groups excluding carboxylic acids is 2. The fourth-order valence-electron chi connectivity index (χ4n) is 2.10. The van der Waals surface area contributed by atoms with Gasteiger partial charge in [-0.05, 0) is 12.1 Å². The van der Waals surface area contributed by atoms with E-state index in [0.29, 0.717) is 37.6 Å². The second-order valence-corrected chi connectivity index (χ2v) is 4.57. The summed E-state index contributed by atoms with van der Waals surface area (Å²) in [6.45, 7) is 1.62. The Morgan fingerprint density at radius 2 is 1.32 bits per heavy atom. The van der Waals surface area contributed by atoms with Gasteiger partial charge in [0.15, 0.2) is 0 Å². The van der Waals surface area contributed by atoms with E-state index in [9.17, 15) is 9.59 Å². The van der Waals surface area contributed by atoms with Crippen molar-refractivity contribution in [2.24, 2.45) is 0 Å². The number of hydrogen-bond acceptors (Lipinski definition) is 6. The summed E-state index contributed by atoms with van der Waals surface area (Å²) in [5.74, 6) is -0.553. The van der Waals surface area contributed by atoms with Crippen LogP contribution in [0.15, 0.2) is 24.3 Å². The lowest BCUT2D eigenvalue weighted by atomic mass is 10.1. The number of nitrogens with zero attached hydrogens (tertiary/aromatic N) is 1. The van der Waals surface area contributed by atoms with Gasteiger partial charge in [-0.1, -0.05) is 12.1 Å². The number of hydrogen-bond donors (Lipinski definition) is 1. The largest absolute Gasteiger partial charge is 0.377 e. The van der Waals surface area contributed by atoms with E-state index >= 15 is 0 Å². The van der Waals surface area contributed by atoms with Crippen molar-refractivity contribution < 1.29 is 28.9 Å². The molecule has 7 heteroatoms. The Morgan fingerprint density at radius 1 is 0.818 bits per heavy atom. The van der Waals surface area contributed by atoms with Gasteiger partial charge in [-0.15, -0.1) is 0 Å². The first kappa shape index (κ1) is 16.6. The van der Waals surface area contributed by atoms with Gasteiger partial charge >= 0.3 is 0 Å². The van der Waals surface area contributed by atoms with Crippen molar-refractivity contribution in [2.45, 2.75) is 0 Å². The lowest BCUT2D eigenvalue weighted by Gasteiger charge is -2.13. The quantitative estimate of drug-likeness (QED) is 0.380. The van der Waals surface area contributed by atoms with Gasteiger partial charge in [0.2, 0.25) is 0 Å². The summed E-state index contributed by atoms with van der Waals surface area (Å²) >= 11 is 0. The first-order valence-electron chi connectivity index (χ1n) is 7.05. The van der Waals surface area contributed by atoms with Crippen molar-refractivity contribution in [1.29, 1.82) is 0 Å². The SMILES string of the molecule is O=C1c2ccccc2C(=O)N1CCOCCOCCOCO. The van der Waals surface area contributed by atoms with Gasteiger partial charge in [0.1, 0.15) is 6.79 Å². The summed E-state index contributed by atoms with van der Waals surface area (Å²) in [7, 11) is 0. The molecule has 0 bridgehead atoms. The van der Waals surface area contributed by atoms with Gasteiger partial charge in [-0.2, -0.15) is 0 Å². The van der Waals surface area contributed by atoms with Crippen LogP contribution in [0, 0.1) is 0 Å². The average molecular weight is 309 g/mol. The van der Waals surface area contributed by atoms with E-state index < -0.39 is 0 Å². The van der Waals surface area contributed by atoms with Crippen molar-refractivity contribution in [1.82, 2.24) is 4.90 Å². The van der Waals surface area contributed by atoms with Crippen molar-refractivity contribution in [3.63, 3.8) is 0 Å². The van der Waals surface area contributed by atoms with Crippen LogP contribution >= 0.6 is 0 Å². The zero-order valence-corrected chi connectivity index (χ0v) is 12.2. The zero-order chi connectivity index (χ0) is 15.8. The monoisotopic (exact) mass is 309 g/mol. The Balaban J connectivity index is 1.63. The van der Waals surface area contributed by atoms with Gasteiger partial charge in [-0.25, -0.2) is 0 Å². The molecule has 0 atom stereocenters. The molecule has 0 radical (unpaired) electrons. The van der Waals surface area contributed by atoms with Crippen LogP contribution in [0.2, 0.25) is 0 Å². The normalized spacial score (nSPS) is 13.8. The fraction of sp³-hybridized carbons (Fsp3) is 0.467. The molecule has 120 valence electrons. The van der Waals surface area contributed by atoms with Crippen LogP contribution in [0.1, 0.15) is 20.7 Å². The van der Waals surface area contributed by atoms with E-state index in [0.717, 1.165) is 0 Å².